The first-order valence-electron chi connectivity index (χ1n) is 11.5. The average molecular weight is 456 g/mol. The summed E-state index contributed by atoms with van der Waals surface area (Å²) in [4.78, 5) is 5.14. The van der Waals surface area contributed by atoms with Gasteiger partial charge in [0, 0.05) is 37.7 Å². The highest BCUT2D eigenvalue weighted by Gasteiger charge is 2.75. The van der Waals surface area contributed by atoms with E-state index < -0.39 is 0 Å². The first-order valence-corrected chi connectivity index (χ1v) is 12.3. The molecule has 0 fully saturated rings. The highest BCUT2D eigenvalue weighted by atomic mass is 32.2. The maximum Gasteiger partial charge on any atom is 0.440 e. The summed E-state index contributed by atoms with van der Waals surface area (Å²) in [6.07, 6.45) is 2.22. The van der Waals surface area contributed by atoms with E-state index >= 15 is 0 Å². The first-order chi connectivity index (χ1) is 16.8. The van der Waals surface area contributed by atoms with E-state index in [4.69, 9.17) is 9.84 Å². The van der Waals surface area contributed by atoms with Crippen molar-refractivity contribution in [3.05, 3.63) is 78.6 Å². The maximum absolute atomic E-state index is 6.61. The van der Waals surface area contributed by atoms with Crippen molar-refractivity contribution in [3.8, 4) is 34.1 Å². The molecule has 0 N–H and O–H groups in total. The van der Waals surface area contributed by atoms with Crippen LogP contribution in [0.15, 0.2) is 82.7 Å². The highest BCUT2D eigenvalue weighted by Crippen LogP contribution is 2.48. The summed E-state index contributed by atoms with van der Waals surface area (Å²) >= 11 is 1.88. The zero-order valence-corrected chi connectivity index (χ0v) is 18.9. The summed E-state index contributed by atoms with van der Waals surface area (Å²) < 4.78 is 11.3. The van der Waals surface area contributed by atoms with Crippen LogP contribution in [0.1, 0.15) is 5.69 Å². The predicted molar refractivity (Wildman–Crippen MR) is 128 cm³/mol. The summed E-state index contributed by atoms with van der Waals surface area (Å²) in [6, 6.07) is 24.1. The highest BCUT2D eigenvalue weighted by molar-refractivity contribution is 8.00. The second-order valence-corrected chi connectivity index (χ2v) is 10.6. The molecular weight excluding hydrogens is 441 g/mol. The minimum absolute atomic E-state index is 0.191. The second-order valence-electron chi connectivity index (χ2n) is 9.52. The van der Waals surface area contributed by atoms with Gasteiger partial charge in [0.15, 0.2) is 0 Å². The number of fused-ring (bicyclic) bond motifs is 3. The molecule has 0 saturated carbocycles. The molecule has 1 unspecified atom stereocenters. The van der Waals surface area contributed by atoms with E-state index in [1.165, 1.54) is 37.4 Å². The quantitative estimate of drug-likeness (QED) is 0.199. The average Bonchev–Trinajstić information content (AvgIpc) is 3.49. The predicted octanol–water partition coefficient (Wildman–Crippen LogP) is 1.82. The largest absolute Gasteiger partial charge is 0.440 e. The molecule has 0 saturated heterocycles. The lowest BCUT2D eigenvalue weighted by Crippen LogP contribution is -2.95. The Morgan fingerprint density at radius 3 is 2.82 bits per heavy atom. The Balaban J connectivity index is 1.51. The van der Waals surface area contributed by atoms with Crippen molar-refractivity contribution in [1.82, 2.24) is 14.7 Å². The van der Waals surface area contributed by atoms with Crippen LogP contribution in [0.2, 0.25) is 0 Å². The minimum Gasteiger partial charge on any atom is -0.394 e. The molecule has 156 valence electrons. The number of aromatic nitrogens is 4. The molecule has 34 heavy (non-hydrogen) atoms. The van der Waals surface area contributed by atoms with E-state index in [1.54, 1.807) is 0 Å². The fourth-order valence-electron chi connectivity index (χ4n) is 6.90. The normalized spacial score (nSPS) is 19.5. The van der Waals surface area contributed by atoms with E-state index in [1.807, 2.05) is 11.8 Å². The van der Waals surface area contributed by atoms with Gasteiger partial charge in [0.05, 0.1) is 16.4 Å². The van der Waals surface area contributed by atoms with Crippen LogP contribution in [0.5, 0.6) is 11.6 Å². The minimum atomic E-state index is 0.191. The number of quaternary nitrogens is 1. The van der Waals surface area contributed by atoms with Crippen LogP contribution in [0.3, 0.4) is 0 Å². The molecule has 1 spiro atoms. The van der Waals surface area contributed by atoms with E-state index in [9.17, 15) is 0 Å². The lowest BCUT2D eigenvalue weighted by molar-refractivity contribution is -1.05. The molecule has 1 atom stereocenters. The summed E-state index contributed by atoms with van der Waals surface area (Å²) in [5.41, 5.74) is 11.1. The van der Waals surface area contributed by atoms with Crippen LogP contribution in [0.4, 0.5) is 5.69 Å². The summed E-state index contributed by atoms with van der Waals surface area (Å²) in [5.74, 6) is 1.71. The molecule has 0 amide bonds. The Hall–Kier alpha value is -3.88. The number of nitrogens with zero attached hydrogens (tertiary/aromatic N) is 5. The summed E-state index contributed by atoms with van der Waals surface area (Å²) in [7, 11) is 0. The molecule has 8 heteroatoms. The Labute approximate surface area is 198 Å². The molecule has 10 rings (SSSR count). The van der Waals surface area contributed by atoms with E-state index in [-0.39, 0.29) is 6.71 Å². The Morgan fingerprint density at radius 1 is 0.971 bits per heavy atom. The molecule has 5 aliphatic rings. The van der Waals surface area contributed by atoms with Gasteiger partial charge in [0.1, 0.15) is 4.68 Å². The van der Waals surface area contributed by atoms with Crippen molar-refractivity contribution >= 4 is 40.7 Å². The van der Waals surface area contributed by atoms with Gasteiger partial charge < -0.3 is 4.74 Å². The molecule has 0 radical (unpaired) electrons. The molecule has 8 heterocycles. The third kappa shape index (κ3) is 1.46. The fraction of sp³-hybridized carbons (Fsp3) is 0.0385. The second kappa shape index (κ2) is 4.96. The first kappa shape index (κ1) is 16.7. The zero-order chi connectivity index (χ0) is 21.9. The van der Waals surface area contributed by atoms with Crippen molar-refractivity contribution in [2.45, 2.75) is 16.7 Å². The molecular formula is C26H15BN5OS+3. The van der Waals surface area contributed by atoms with E-state index in [0.717, 1.165) is 34.4 Å². The van der Waals surface area contributed by atoms with Crippen LogP contribution < -0.4 is 35.4 Å². The van der Waals surface area contributed by atoms with Crippen molar-refractivity contribution in [1.29, 1.82) is 0 Å². The molecule has 2 aromatic carbocycles. The number of aryl methyl sites for hydroxylation is 1. The topological polar surface area (TPSA) is 34.8 Å². The molecule has 0 bridgehead atoms. The van der Waals surface area contributed by atoms with Gasteiger partial charge >= 0.3 is 24.0 Å². The number of hydrogen-bond acceptors (Lipinski definition) is 3. The summed E-state index contributed by atoms with van der Waals surface area (Å²) in [5, 5.41) is 5.10. The van der Waals surface area contributed by atoms with E-state index in [0.29, 0.717) is 4.81 Å². The van der Waals surface area contributed by atoms with E-state index in [2.05, 4.69) is 94.0 Å². The Kier molecular flexibility index (Phi) is 2.44. The van der Waals surface area contributed by atoms with Crippen LogP contribution in [-0.2, 0) is 0 Å². The molecule has 0 aliphatic carbocycles. The number of pyridine rings is 2. The zero-order valence-electron chi connectivity index (χ0n) is 18.1. The Morgan fingerprint density at radius 2 is 1.85 bits per heavy atom. The van der Waals surface area contributed by atoms with Gasteiger partial charge in [-0.15, -0.1) is 5.10 Å². The van der Waals surface area contributed by atoms with Crippen molar-refractivity contribution in [2.75, 3.05) is 0 Å². The van der Waals surface area contributed by atoms with Gasteiger partial charge in [-0.25, -0.2) is 0 Å². The molecule has 5 aliphatic heterocycles. The Bertz CT molecular complexity index is 1860. The number of rotatable bonds is 0. The van der Waals surface area contributed by atoms with Gasteiger partial charge in [-0.1, -0.05) is 23.9 Å². The van der Waals surface area contributed by atoms with Gasteiger partial charge in [0.2, 0.25) is 23.2 Å². The van der Waals surface area contributed by atoms with Crippen LogP contribution in [0.25, 0.3) is 22.5 Å². The smallest absolute Gasteiger partial charge is 0.394 e. The molecule has 3 aromatic heterocycles. The number of hydrogen-bond donors (Lipinski definition) is 0. The van der Waals surface area contributed by atoms with Crippen LogP contribution in [-0.4, -0.2) is 16.6 Å². The number of benzene rings is 2. The van der Waals surface area contributed by atoms with Crippen molar-refractivity contribution in [3.63, 3.8) is 0 Å². The summed E-state index contributed by atoms with van der Waals surface area (Å²) in [6.45, 7) is 2.26. The van der Waals surface area contributed by atoms with Crippen molar-refractivity contribution < 1.29 is 14.1 Å². The maximum atomic E-state index is 6.61. The third-order valence-corrected chi connectivity index (χ3v) is 9.10. The fourth-order valence-corrected chi connectivity index (χ4v) is 8.09. The third-order valence-electron chi connectivity index (χ3n) is 7.94. The van der Waals surface area contributed by atoms with Crippen molar-refractivity contribution in [2.24, 2.45) is 0 Å². The molecule has 6 nitrogen and oxygen atoms in total. The van der Waals surface area contributed by atoms with Gasteiger partial charge in [-0.3, -0.25) is 0 Å². The van der Waals surface area contributed by atoms with Crippen LogP contribution in [0, 0.1) is 6.92 Å². The standard InChI is InChI=1S/C26H15BN5OS/c1-14-13-18-17-7-3-9-22-30(17)32(31(18)28-14)25-19(33-22)10-11-21-24(25)27-23-15(5-2-8-20(23)34-21)16-6-4-12-29(32)26(16)27/h2-13H,1H3/q+3. The lowest BCUT2D eigenvalue weighted by atomic mass is 9.39. The SMILES string of the molecule is Cc1cc2n(n1)[N+]13c4c(ccc5c4B4c6c(cccc6-c6ccc[n+]1c64)S5)Oc1cccc-2[n+]13. The van der Waals surface area contributed by atoms with Crippen LogP contribution >= 0.6 is 11.8 Å². The van der Waals surface area contributed by atoms with Gasteiger partial charge in [-0.05, 0) is 54.3 Å². The van der Waals surface area contributed by atoms with Gasteiger partial charge in [-0.2, -0.15) is 0 Å². The van der Waals surface area contributed by atoms with Gasteiger partial charge in [0.25, 0.3) is 4.81 Å². The number of ether oxygens (including phenoxy) is 1. The monoisotopic (exact) mass is 456 g/mol. The lowest BCUT2D eigenvalue weighted by Gasteiger charge is -2.33. The molecule has 5 aromatic rings.